The number of carbonyl (C=O) groups is 2. The number of rotatable bonds is 2. The van der Waals surface area contributed by atoms with Crippen LogP contribution in [0.3, 0.4) is 0 Å². The molecule has 0 aromatic heterocycles. The molecule has 88 valence electrons. The summed E-state index contributed by atoms with van der Waals surface area (Å²) in [5, 5.41) is 0. The van der Waals surface area contributed by atoms with Crippen LogP contribution in [-0.2, 0) is 9.59 Å². The molecule has 4 heteroatoms. The molecule has 4 nitrogen and oxygen atoms in total. The molecule has 1 aliphatic carbocycles. The average molecular weight is 222 g/mol. The smallest absolute Gasteiger partial charge is 0.250 e. The SMILES string of the molecule is NC(=O)[C@H]1CCCCN1C(=O)C1=CCCC1. The molecular formula is C12H18N2O2. The zero-order valence-electron chi connectivity index (χ0n) is 9.45. The van der Waals surface area contributed by atoms with Crippen LogP contribution < -0.4 is 5.73 Å². The molecule has 0 radical (unpaired) electrons. The molecule has 0 unspecified atom stereocenters. The Bertz CT molecular complexity index is 336. The maximum atomic E-state index is 12.2. The quantitative estimate of drug-likeness (QED) is 0.756. The monoisotopic (exact) mass is 222 g/mol. The molecule has 0 spiro atoms. The molecule has 2 rings (SSSR count). The third-order valence-electron chi connectivity index (χ3n) is 3.41. The summed E-state index contributed by atoms with van der Waals surface area (Å²) in [4.78, 5) is 25.1. The topological polar surface area (TPSA) is 63.4 Å². The summed E-state index contributed by atoms with van der Waals surface area (Å²) in [6, 6.07) is -0.386. The van der Waals surface area contributed by atoms with E-state index in [1.54, 1.807) is 4.90 Å². The van der Waals surface area contributed by atoms with Crippen molar-refractivity contribution in [1.82, 2.24) is 4.90 Å². The van der Waals surface area contributed by atoms with Gasteiger partial charge in [-0.2, -0.15) is 0 Å². The molecule has 1 fully saturated rings. The maximum Gasteiger partial charge on any atom is 0.250 e. The van der Waals surface area contributed by atoms with E-state index in [9.17, 15) is 9.59 Å². The predicted molar refractivity (Wildman–Crippen MR) is 60.5 cm³/mol. The van der Waals surface area contributed by atoms with Crippen molar-refractivity contribution in [3.05, 3.63) is 11.6 Å². The average Bonchev–Trinajstić information content (AvgIpc) is 2.81. The molecule has 16 heavy (non-hydrogen) atoms. The predicted octanol–water partition coefficient (Wildman–Crippen LogP) is 0.963. The highest BCUT2D eigenvalue weighted by Gasteiger charge is 2.32. The number of hydrogen-bond donors (Lipinski definition) is 1. The van der Waals surface area contributed by atoms with E-state index >= 15 is 0 Å². The summed E-state index contributed by atoms with van der Waals surface area (Å²) in [5.41, 5.74) is 6.21. The maximum absolute atomic E-state index is 12.2. The summed E-state index contributed by atoms with van der Waals surface area (Å²) < 4.78 is 0. The van der Waals surface area contributed by atoms with Gasteiger partial charge in [0, 0.05) is 12.1 Å². The van der Waals surface area contributed by atoms with E-state index in [0.29, 0.717) is 13.0 Å². The van der Waals surface area contributed by atoms with Gasteiger partial charge < -0.3 is 10.6 Å². The minimum absolute atomic E-state index is 0.0287. The first-order valence-corrected chi connectivity index (χ1v) is 5.99. The van der Waals surface area contributed by atoms with Crippen LogP contribution in [0.2, 0.25) is 0 Å². The molecule has 0 aromatic rings. The molecule has 1 atom stereocenters. The summed E-state index contributed by atoms with van der Waals surface area (Å²) in [7, 11) is 0. The number of allylic oxidation sites excluding steroid dienone is 1. The van der Waals surface area contributed by atoms with Crippen molar-refractivity contribution >= 4 is 11.8 Å². The van der Waals surface area contributed by atoms with E-state index in [2.05, 4.69) is 0 Å². The second-order valence-electron chi connectivity index (χ2n) is 4.53. The number of nitrogens with zero attached hydrogens (tertiary/aromatic N) is 1. The van der Waals surface area contributed by atoms with E-state index < -0.39 is 0 Å². The highest BCUT2D eigenvalue weighted by molar-refractivity contribution is 5.97. The number of carbonyl (C=O) groups excluding carboxylic acids is 2. The number of primary amides is 1. The fraction of sp³-hybridized carbons (Fsp3) is 0.667. The van der Waals surface area contributed by atoms with Crippen LogP contribution >= 0.6 is 0 Å². The van der Waals surface area contributed by atoms with Crippen molar-refractivity contribution in [2.75, 3.05) is 6.54 Å². The zero-order chi connectivity index (χ0) is 11.5. The van der Waals surface area contributed by atoms with Crippen LogP contribution in [0.15, 0.2) is 11.6 Å². The van der Waals surface area contributed by atoms with Gasteiger partial charge in [-0.05, 0) is 38.5 Å². The third kappa shape index (κ3) is 2.10. The van der Waals surface area contributed by atoms with Crippen molar-refractivity contribution in [2.24, 2.45) is 5.73 Å². The summed E-state index contributed by atoms with van der Waals surface area (Å²) in [6.45, 7) is 0.670. The third-order valence-corrected chi connectivity index (χ3v) is 3.41. The van der Waals surface area contributed by atoms with Crippen LogP contribution in [0, 0.1) is 0 Å². The molecule has 0 aromatic carbocycles. The van der Waals surface area contributed by atoms with E-state index in [-0.39, 0.29) is 17.9 Å². The Morgan fingerprint density at radius 3 is 2.75 bits per heavy atom. The normalized spacial score (nSPS) is 25.4. The van der Waals surface area contributed by atoms with Gasteiger partial charge in [-0.1, -0.05) is 6.08 Å². The van der Waals surface area contributed by atoms with Crippen molar-refractivity contribution in [1.29, 1.82) is 0 Å². The van der Waals surface area contributed by atoms with Crippen LogP contribution in [0.1, 0.15) is 38.5 Å². The van der Waals surface area contributed by atoms with Gasteiger partial charge in [0.05, 0.1) is 0 Å². The van der Waals surface area contributed by atoms with Crippen molar-refractivity contribution in [3.63, 3.8) is 0 Å². The Morgan fingerprint density at radius 2 is 2.12 bits per heavy atom. The van der Waals surface area contributed by atoms with Gasteiger partial charge in [0.25, 0.3) is 0 Å². The number of amides is 2. The second-order valence-corrected chi connectivity index (χ2v) is 4.53. The van der Waals surface area contributed by atoms with Gasteiger partial charge in [0.2, 0.25) is 11.8 Å². The van der Waals surface area contributed by atoms with Crippen LogP contribution in [0.5, 0.6) is 0 Å². The van der Waals surface area contributed by atoms with Crippen molar-refractivity contribution in [3.8, 4) is 0 Å². The van der Waals surface area contributed by atoms with Gasteiger partial charge >= 0.3 is 0 Å². The minimum atomic E-state index is -0.386. The van der Waals surface area contributed by atoms with E-state index in [0.717, 1.165) is 37.7 Å². The first-order valence-electron chi connectivity index (χ1n) is 5.99. The number of hydrogen-bond acceptors (Lipinski definition) is 2. The fourth-order valence-corrected chi connectivity index (χ4v) is 2.52. The van der Waals surface area contributed by atoms with E-state index in [1.165, 1.54) is 0 Å². The van der Waals surface area contributed by atoms with E-state index in [1.807, 2.05) is 6.08 Å². The molecule has 1 saturated heterocycles. The largest absolute Gasteiger partial charge is 0.368 e. The fourth-order valence-electron chi connectivity index (χ4n) is 2.52. The first kappa shape index (κ1) is 11.2. The van der Waals surface area contributed by atoms with Crippen molar-refractivity contribution < 1.29 is 9.59 Å². The molecule has 2 N–H and O–H groups in total. The Morgan fingerprint density at radius 1 is 1.31 bits per heavy atom. The first-order chi connectivity index (χ1) is 7.70. The summed E-state index contributed by atoms with van der Waals surface area (Å²) in [5.74, 6) is -0.340. The lowest BCUT2D eigenvalue weighted by molar-refractivity contribution is -0.138. The van der Waals surface area contributed by atoms with E-state index in [4.69, 9.17) is 5.73 Å². The van der Waals surface area contributed by atoms with Gasteiger partial charge in [0.15, 0.2) is 0 Å². The Hall–Kier alpha value is -1.32. The second kappa shape index (κ2) is 4.68. The lowest BCUT2D eigenvalue weighted by Gasteiger charge is -2.34. The molecule has 2 aliphatic rings. The van der Waals surface area contributed by atoms with Crippen LogP contribution in [-0.4, -0.2) is 29.3 Å². The Labute approximate surface area is 95.5 Å². The summed E-state index contributed by atoms with van der Waals surface area (Å²) >= 11 is 0. The summed E-state index contributed by atoms with van der Waals surface area (Å²) in [6.07, 6.45) is 7.55. The van der Waals surface area contributed by atoms with Gasteiger partial charge in [0.1, 0.15) is 6.04 Å². The minimum Gasteiger partial charge on any atom is -0.368 e. The standard InChI is InChI=1S/C12H18N2O2/c13-11(15)10-7-3-4-8-14(10)12(16)9-5-1-2-6-9/h5,10H,1-4,6-8H2,(H2,13,15)/t10-/m1/s1. The van der Waals surface area contributed by atoms with Gasteiger partial charge in [-0.15, -0.1) is 0 Å². The van der Waals surface area contributed by atoms with Crippen molar-refractivity contribution in [2.45, 2.75) is 44.6 Å². The molecule has 0 bridgehead atoms. The lowest BCUT2D eigenvalue weighted by Crippen LogP contribution is -2.50. The zero-order valence-corrected chi connectivity index (χ0v) is 9.45. The molecule has 0 saturated carbocycles. The highest BCUT2D eigenvalue weighted by Crippen LogP contribution is 2.24. The molecule has 1 aliphatic heterocycles. The highest BCUT2D eigenvalue weighted by atomic mass is 16.2. The lowest BCUT2D eigenvalue weighted by atomic mass is 10.00. The number of likely N-dealkylation sites (tertiary alicyclic amines) is 1. The molecule has 2 amide bonds. The van der Waals surface area contributed by atoms with Gasteiger partial charge in [-0.25, -0.2) is 0 Å². The molecule has 1 heterocycles. The van der Waals surface area contributed by atoms with Crippen LogP contribution in [0.4, 0.5) is 0 Å². The van der Waals surface area contributed by atoms with Crippen LogP contribution in [0.25, 0.3) is 0 Å². The van der Waals surface area contributed by atoms with Gasteiger partial charge in [-0.3, -0.25) is 9.59 Å². The number of piperidine rings is 1. The Kier molecular flexibility index (Phi) is 3.27. The molecular weight excluding hydrogens is 204 g/mol. The Balaban J connectivity index is 2.10. The number of nitrogens with two attached hydrogens (primary N) is 1.